The molecular weight excluding hydrogens is 258 g/mol. The largest absolute Gasteiger partial charge is 0.478 e. The van der Waals surface area contributed by atoms with E-state index < -0.39 is 11.8 Å². The van der Waals surface area contributed by atoms with E-state index in [0.717, 1.165) is 0 Å². The van der Waals surface area contributed by atoms with Gasteiger partial charge in [-0.15, -0.1) is 0 Å². The number of allylic oxidation sites excluding steroid dienone is 1. The Hall–Kier alpha value is -2.95. The van der Waals surface area contributed by atoms with Gasteiger partial charge in [0.25, 0.3) is 0 Å². The van der Waals surface area contributed by atoms with E-state index in [1.165, 1.54) is 24.3 Å². The number of benzene rings is 1. The standard InChI is InChI=1S/C15H9NO4/c17-13-10-4-3-8(15(19)20)6-11(10)14(18)12(13)7-9-2-1-5-16-9/h1-7,16H,(H,19,20). The zero-order valence-corrected chi connectivity index (χ0v) is 10.2. The Labute approximate surface area is 113 Å². The smallest absolute Gasteiger partial charge is 0.335 e. The van der Waals surface area contributed by atoms with Crippen molar-refractivity contribution in [3.63, 3.8) is 0 Å². The summed E-state index contributed by atoms with van der Waals surface area (Å²) in [7, 11) is 0. The maximum atomic E-state index is 12.2. The number of ketones is 2. The summed E-state index contributed by atoms with van der Waals surface area (Å²) in [6.07, 6.45) is 3.16. The highest BCUT2D eigenvalue weighted by Gasteiger charge is 2.33. The average molecular weight is 267 g/mol. The fraction of sp³-hybridized carbons (Fsp3) is 0. The quantitative estimate of drug-likeness (QED) is 0.644. The average Bonchev–Trinajstić information content (AvgIpc) is 3.02. The normalized spacial score (nSPS) is 15.7. The molecule has 3 rings (SSSR count). The van der Waals surface area contributed by atoms with Crippen LogP contribution in [-0.2, 0) is 0 Å². The molecule has 5 nitrogen and oxygen atoms in total. The summed E-state index contributed by atoms with van der Waals surface area (Å²) in [6, 6.07) is 7.44. The van der Waals surface area contributed by atoms with Crippen molar-refractivity contribution in [2.24, 2.45) is 0 Å². The van der Waals surface area contributed by atoms with Crippen LogP contribution >= 0.6 is 0 Å². The topological polar surface area (TPSA) is 87.2 Å². The predicted molar refractivity (Wildman–Crippen MR) is 70.8 cm³/mol. The van der Waals surface area contributed by atoms with Crippen LogP contribution in [0.1, 0.15) is 36.8 Å². The Morgan fingerprint density at radius 3 is 2.50 bits per heavy atom. The molecule has 0 radical (unpaired) electrons. The van der Waals surface area contributed by atoms with Crippen LogP contribution in [0.2, 0.25) is 0 Å². The molecule has 0 saturated carbocycles. The minimum atomic E-state index is -1.13. The molecule has 1 aliphatic rings. The van der Waals surface area contributed by atoms with Crippen LogP contribution in [0, 0.1) is 0 Å². The number of rotatable bonds is 2. The Morgan fingerprint density at radius 1 is 1.10 bits per heavy atom. The molecule has 0 aliphatic heterocycles. The van der Waals surface area contributed by atoms with Gasteiger partial charge in [0, 0.05) is 23.0 Å². The van der Waals surface area contributed by atoms with E-state index >= 15 is 0 Å². The molecule has 2 N–H and O–H groups in total. The molecule has 0 saturated heterocycles. The maximum absolute atomic E-state index is 12.2. The number of Topliss-reactive ketones (excluding diaryl/α,β-unsaturated/α-hetero) is 2. The first-order chi connectivity index (χ1) is 9.58. The number of hydrogen-bond acceptors (Lipinski definition) is 3. The SMILES string of the molecule is O=C(O)c1ccc2c(c1)C(=O)C(=Cc1ccc[nH]1)C2=O. The van der Waals surface area contributed by atoms with Crippen molar-refractivity contribution < 1.29 is 19.5 Å². The molecule has 98 valence electrons. The number of carboxylic acid groups (broad SMARTS) is 1. The summed E-state index contributed by atoms with van der Waals surface area (Å²) in [5.74, 6) is -1.95. The summed E-state index contributed by atoms with van der Waals surface area (Å²) in [5, 5.41) is 8.93. The summed E-state index contributed by atoms with van der Waals surface area (Å²) in [6.45, 7) is 0. The maximum Gasteiger partial charge on any atom is 0.335 e. The predicted octanol–water partition coefficient (Wildman–Crippen LogP) is 2.18. The van der Waals surface area contributed by atoms with Crippen molar-refractivity contribution in [1.82, 2.24) is 4.98 Å². The van der Waals surface area contributed by atoms with E-state index in [0.29, 0.717) is 5.69 Å². The van der Waals surface area contributed by atoms with Crippen molar-refractivity contribution in [2.75, 3.05) is 0 Å². The molecule has 1 heterocycles. The zero-order valence-electron chi connectivity index (χ0n) is 10.2. The zero-order chi connectivity index (χ0) is 14.3. The van der Waals surface area contributed by atoms with E-state index in [1.807, 2.05) is 0 Å². The van der Waals surface area contributed by atoms with Crippen molar-refractivity contribution >= 4 is 23.6 Å². The number of aromatic nitrogens is 1. The van der Waals surface area contributed by atoms with Gasteiger partial charge in [0.05, 0.1) is 11.1 Å². The van der Waals surface area contributed by atoms with Gasteiger partial charge in [-0.3, -0.25) is 9.59 Å². The van der Waals surface area contributed by atoms with Crippen molar-refractivity contribution in [3.8, 4) is 0 Å². The molecule has 1 aromatic carbocycles. The van der Waals surface area contributed by atoms with E-state index in [1.54, 1.807) is 18.3 Å². The van der Waals surface area contributed by atoms with E-state index in [4.69, 9.17) is 5.11 Å². The highest BCUT2D eigenvalue weighted by atomic mass is 16.4. The number of aromatic amines is 1. The first kappa shape index (κ1) is 12.1. The fourth-order valence-electron chi connectivity index (χ4n) is 2.18. The van der Waals surface area contributed by atoms with Gasteiger partial charge in [0.1, 0.15) is 0 Å². The lowest BCUT2D eigenvalue weighted by molar-refractivity contribution is 0.0696. The second-order valence-electron chi connectivity index (χ2n) is 4.41. The fourth-order valence-corrected chi connectivity index (χ4v) is 2.18. The van der Waals surface area contributed by atoms with Crippen molar-refractivity contribution in [2.45, 2.75) is 0 Å². The van der Waals surface area contributed by atoms with Gasteiger partial charge in [-0.25, -0.2) is 4.79 Å². The minimum absolute atomic E-state index is 0.00831. The third-order valence-corrected chi connectivity index (χ3v) is 3.17. The third kappa shape index (κ3) is 1.76. The van der Waals surface area contributed by atoms with Crippen LogP contribution in [-0.4, -0.2) is 27.6 Å². The van der Waals surface area contributed by atoms with Gasteiger partial charge in [-0.1, -0.05) is 0 Å². The van der Waals surface area contributed by atoms with E-state index in [9.17, 15) is 14.4 Å². The van der Waals surface area contributed by atoms with Gasteiger partial charge >= 0.3 is 5.97 Å². The van der Waals surface area contributed by atoms with Crippen LogP contribution < -0.4 is 0 Å². The first-order valence-electron chi connectivity index (χ1n) is 5.90. The molecule has 0 unspecified atom stereocenters. The number of hydrogen-bond donors (Lipinski definition) is 2. The number of carbonyl (C=O) groups is 3. The van der Waals surface area contributed by atoms with Gasteiger partial charge in [-0.05, 0) is 36.4 Å². The van der Waals surface area contributed by atoms with Crippen LogP contribution in [0.4, 0.5) is 0 Å². The highest BCUT2D eigenvalue weighted by Crippen LogP contribution is 2.28. The molecule has 0 fully saturated rings. The molecule has 0 bridgehead atoms. The molecular formula is C15H9NO4. The summed E-state index contributed by atoms with van der Waals surface area (Å²) in [4.78, 5) is 38.2. The van der Waals surface area contributed by atoms with Crippen molar-refractivity contribution in [3.05, 3.63) is 64.5 Å². The summed E-state index contributed by atoms with van der Waals surface area (Å²) < 4.78 is 0. The lowest BCUT2D eigenvalue weighted by Gasteiger charge is -1.97. The van der Waals surface area contributed by atoms with Crippen LogP contribution in [0.25, 0.3) is 6.08 Å². The lowest BCUT2D eigenvalue weighted by atomic mass is 10.1. The van der Waals surface area contributed by atoms with Crippen LogP contribution in [0.15, 0.2) is 42.1 Å². The van der Waals surface area contributed by atoms with Crippen molar-refractivity contribution in [1.29, 1.82) is 0 Å². The van der Waals surface area contributed by atoms with Gasteiger partial charge < -0.3 is 10.1 Å². The van der Waals surface area contributed by atoms with Gasteiger partial charge in [0.2, 0.25) is 0 Å². The lowest BCUT2D eigenvalue weighted by Crippen LogP contribution is -2.01. The minimum Gasteiger partial charge on any atom is -0.478 e. The number of H-pyrrole nitrogens is 1. The summed E-state index contributed by atoms with van der Waals surface area (Å²) >= 11 is 0. The highest BCUT2D eigenvalue weighted by molar-refractivity contribution is 6.41. The number of carboxylic acids is 1. The molecule has 1 aliphatic carbocycles. The number of carbonyl (C=O) groups excluding carboxylic acids is 2. The molecule has 1 aromatic heterocycles. The second kappa shape index (κ2) is 4.31. The van der Waals surface area contributed by atoms with Gasteiger partial charge in [0.15, 0.2) is 11.6 Å². The first-order valence-corrected chi connectivity index (χ1v) is 5.90. The van der Waals surface area contributed by atoms with Gasteiger partial charge in [-0.2, -0.15) is 0 Å². The molecule has 5 heteroatoms. The molecule has 0 amide bonds. The van der Waals surface area contributed by atoms with Crippen LogP contribution in [0.5, 0.6) is 0 Å². The Balaban J connectivity index is 2.10. The van der Waals surface area contributed by atoms with E-state index in [2.05, 4.69) is 4.98 Å². The molecule has 0 atom stereocenters. The monoisotopic (exact) mass is 267 g/mol. The third-order valence-electron chi connectivity index (χ3n) is 3.17. The number of nitrogens with one attached hydrogen (secondary N) is 1. The number of aromatic carboxylic acids is 1. The molecule has 2 aromatic rings. The Morgan fingerprint density at radius 2 is 1.85 bits per heavy atom. The Kier molecular flexibility index (Phi) is 2.61. The Bertz CT molecular complexity index is 769. The molecule has 20 heavy (non-hydrogen) atoms. The molecule has 0 spiro atoms. The second-order valence-corrected chi connectivity index (χ2v) is 4.41. The number of fused-ring (bicyclic) bond motifs is 1. The van der Waals surface area contributed by atoms with Crippen LogP contribution in [0.3, 0.4) is 0 Å². The summed E-state index contributed by atoms with van der Waals surface area (Å²) in [5.41, 5.74) is 1.08. The van der Waals surface area contributed by atoms with E-state index in [-0.39, 0.29) is 28.0 Å².